The maximum atomic E-state index is 11.8. The molecule has 7 heteroatoms. The summed E-state index contributed by atoms with van der Waals surface area (Å²) in [5, 5.41) is 6.74. The number of hydrazone groups is 1. The second-order valence-electron chi connectivity index (χ2n) is 5.45. The lowest BCUT2D eigenvalue weighted by Crippen LogP contribution is -2.25. The van der Waals surface area contributed by atoms with E-state index in [1.54, 1.807) is 50.4 Å². The van der Waals surface area contributed by atoms with Crippen LogP contribution in [-0.2, 0) is 9.59 Å². The summed E-state index contributed by atoms with van der Waals surface area (Å²) in [5.41, 5.74) is 4.62. The lowest BCUT2D eigenvalue weighted by Gasteiger charge is -2.07. The molecule has 0 atom stereocenters. The van der Waals surface area contributed by atoms with Crippen LogP contribution in [0.2, 0.25) is 0 Å². The van der Waals surface area contributed by atoms with E-state index in [-0.39, 0.29) is 18.4 Å². The van der Waals surface area contributed by atoms with Crippen LogP contribution in [-0.4, -0.2) is 31.2 Å². The zero-order valence-electron chi connectivity index (χ0n) is 14.9. The first-order valence-electron chi connectivity index (χ1n) is 7.96. The van der Waals surface area contributed by atoms with E-state index in [0.29, 0.717) is 22.9 Å². The van der Waals surface area contributed by atoms with Gasteiger partial charge in [-0.3, -0.25) is 9.59 Å². The Morgan fingerprint density at radius 2 is 1.58 bits per heavy atom. The fourth-order valence-electron chi connectivity index (χ4n) is 2.06. The van der Waals surface area contributed by atoms with Gasteiger partial charge in [0, 0.05) is 12.6 Å². The molecule has 2 aromatic carbocycles. The highest BCUT2D eigenvalue weighted by Gasteiger charge is 2.04. The maximum absolute atomic E-state index is 11.8. The minimum Gasteiger partial charge on any atom is -0.497 e. The highest BCUT2D eigenvalue weighted by atomic mass is 16.5. The number of ether oxygens (including phenoxy) is 2. The van der Waals surface area contributed by atoms with Gasteiger partial charge in [0.1, 0.15) is 11.5 Å². The Labute approximate surface area is 152 Å². The summed E-state index contributed by atoms with van der Waals surface area (Å²) in [6, 6.07) is 14.1. The van der Waals surface area contributed by atoms with E-state index in [2.05, 4.69) is 15.8 Å². The third kappa shape index (κ3) is 5.94. The smallest absolute Gasteiger partial charge is 0.277 e. The van der Waals surface area contributed by atoms with Crippen LogP contribution in [0, 0.1) is 0 Å². The van der Waals surface area contributed by atoms with Crippen molar-refractivity contribution in [1.29, 1.82) is 0 Å². The van der Waals surface area contributed by atoms with E-state index >= 15 is 0 Å². The topological polar surface area (TPSA) is 89.0 Å². The highest BCUT2D eigenvalue weighted by molar-refractivity contribution is 6.00. The van der Waals surface area contributed by atoms with Crippen molar-refractivity contribution in [3.8, 4) is 11.5 Å². The number of benzene rings is 2. The summed E-state index contributed by atoms with van der Waals surface area (Å²) in [4.78, 5) is 22.8. The molecular formula is C19H21N3O4. The second kappa shape index (κ2) is 9.22. The molecule has 2 aromatic rings. The van der Waals surface area contributed by atoms with Crippen LogP contribution in [0.1, 0.15) is 19.4 Å². The van der Waals surface area contributed by atoms with Crippen molar-refractivity contribution in [3.63, 3.8) is 0 Å². The third-order valence-corrected chi connectivity index (χ3v) is 3.40. The van der Waals surface area contributed by atoms with Crippen molar-refractivity contribution in [2.75, 3.05) is 19.0 Å². The van der Waals surface area contributed by atoms with E-state index < -0.39 is 0 Å². The molecule has 136 valence electrons. The van der Waals surface area contributed by atoms with Gasteiger partial charge < -0.3 is 14.8 Å². The quantitative estimate of drug-likeness (QED) is 0.590. The van der Waals surface area contributed by atoms with E-state index in [4.69, 9.17) is 9.47 Å². The Morgan fingerprint density at radius 1 is 0.962 bits per heavy atom. The predicted molar refractivity (Wildman–Crippen MR) is 99.6 cm³/mol. The summed E-state index contributed by atoms with van der Waals surface area (Å²) >= 11 is 0. The predicted octanol–water partition coefficient (Wildman–Crippen LogP) is 2.57. The first kappa shape index (κ1) is 19.0. The van der Waals surface area contributed by atoms with Crippen molar-refractivity contribution >= 4 is 23.2 Å². The molecule has 0 spiro atoms. The lowest BCUT2D eigenvalue weighted by atomic mass is 10.1. The largest absolute Gasteiger partial charge is 0.497 e. The van der Waals surface area contributed by atoms with Gasteiger partial charge in [-0.15, -0.1) is 0 Å². The van der Waals surface area contributed by atoms with Gasteiger partial charge in [0.2, 0.25) is 5.91 Å². The van der Waals surface area contributed by atoms with Crippen LogP contribution in [0.25, 0.3) is 0 Å². The normalized spacial score (nSPS) is 10.8. The van der Waals surface area contributed by atoms with Crippen molar-refractivity contribution in [2.24, 2.45) is 5.10 Å². The van der Waals surface area contributed by atoms with Crippen LogP contribution < -0.4 is 20.2 Å². The molecule has 2 N–H and O–H groups in total. The van der Waals surface area contributed by atoms with Crippen LogP contribution in [0.5, 0.6) is 11.5 Å². The average Bonchev–Trinajstić information content (AvgIpc) is 2.65. The minimum atomic E-state index is -0.366. The zero-order valence-corrected chi connectivity index (χ0v) is 14.9. The first-order valence-corrected chi connectivity index (χ1v) is 7.96. The highest BCUT2D eigenvalue weighted by Crippen LogP contribution is 2.16. The second-order valence-corrected chi connectivity index (χ2v) is 5.45. The molecule has 2 rings (SSSR count). The Morgan fingerprint density at radius 3 is 2.15 bits per heavy atom. The Bertz CT molecular complexity index is 783. The van der Waals surface area contributed by atoms with Crippen molar-refractivity contribution in [2.45, 2.75) is 13.8 Å². The minimum absolute atomic E-state index is 0.132. The molecule has 0 aromatic heterocycles. The van der Waals surface area contributed by atoms with Crippen molar-refractivity contribution in [3.05, 3.63) is 54.1 Å². The van der Waals surface area contributed by atoms with Gasteiger partial charge >= 0.3 is 0 Å². The number of methoxy groups -OCH3 is 1. The number of carbonyl (C=O) groups excluding carboxylic acids is 2. The Balaban J connectivity index is 1.84. The van der Waals surface area contributed by atoms with Gasteiger partial charge in [-0.05, 0) is 48.9 Å². The summed E-state index contributed by atoms with van der Waals surface area (Å²) in [6.45, 7) is 3.08. The van der Waals surface area contributed by atoms with Gasteiger partial charge in [0.15, 0.2) is 6.61 Å². The number of anilines is 1. The Hall–Kier alpha value is -3.35. The number of amides is 2. The molecular weight excluding hydrogens is 334 g/mol. The SMILES string of the molecule is COc1ccc(OCC(=O)N/N=C(/C)c2ccc(NC(C)=O)cc2)cc1. The monoisotopic (exact) mass is 355 g/mol. The number of hydrogen-bond donors (Lipinski definition) is 2. The molecule has 0 saturated carbocycles. The molecule has 0 radical (unpaired) electrons. The van der Waals surface area contributed by atoms with Crippen LogP contribution >= 0.6 is 0 Å². The van der Waals surface area contributed by atoms with Gasteiger partial charge in [-0.2, -0.15) is 5.10 Å². The van der Waals surface area contributed by atoms with Gasteiger partial charge in [-0.25, -0.2) is 5.43 Å². The van der Waals surface area contributed by atoms with Crippen LogP contribution in [0.4, 0.5) is 5.69 Å². The molecule has 7 nitrogen and oxygen atoms in total. The van der Waals surface area contributed by atoms with E-state index in [1.807, 2.05) is 12.1 Å². The number of carbonyl (C=O) groups is 2. The van der Waals surface area contributed by atoms with Gasteiger partial charge in [0.25, 0.3) is 5.91 Å². The summed E-state index contributed by atoms with van der Waals surface area (Å²) < 4.78 is 10.4. The fourth-order valence-corrected chi connectivity index (χ4v) is 2.06. The summed E-state index contributed by atoms with van der Waals surface area (Å²) in [6.07, 6.45) is 0. The van der Waals surface area contributed by atoms with Crippen molar-refractivity contribution in [1.82, 2.24) is 5.43 Å². The van der Waals surface area contributed by atoms with E-state index in [1.165, 1.54) is 6.92 Å². The fraction of sp³-hybridized carbons (Fsp3) is 0.211. The molecule has 0 unspecified atom stereocenters. The zero-order chi connectivity index (χ0) is 18.9. The lowest BCUT2D eigenvalue weighted by molar-refractivity contribution is -0.123. The molecule has 26 heavy (non-hydrogen) atoms. The van der Waals surface area contributed by atoms with E-state index in [0.717, 1.165) is 5.56 Å². The van der Waals surface area contributed by atoms with Crippen LogP contribution in [0.15, 0.2) is 53.6 Å². The van der Waals surface area contributed by atoms with Crippen molar-refractivity contribution < 1.29 is 19.1 Å². The molecule has 0 aliphatic carbocycles. The number of nitrogens with zero attached hydrogens (tertiary/aromatic N) is 1. The van der Waals surface area contributed by atoms with Crippen LogP contribution in [0.3, 0.4) is 0 Å². The molecule has 0 saturated heterocycles. The molecule has 0 fully saturated rings. The Kier molecular flexibility index (Phi) is 6.73. The number of hydrogen-bond acceptors (Lipinski definition) is 5. The first-order chi connectivity index (χ1) is 12.5. The average molecular weight is 355 g/mol. The standard InChI is InChI=1S/C19H21N3O4/c1-13(15-4-6-16(7-5-15)20-14(2)23)21-22-19(24)12-26-18-10-8-17(25-3)9-11-18/h4-11H,12H2,1-3H3,(H,20,23)(H,22,24)/b21-13-. The van der Waals surface area contributed by atoms with Gasteiger partial charge in [-0.1, -0.05) is 12.1 Å². The van der Waals surface area contributed by atoms with E-state index in [9.17, 15) is 9.59 Å². The summed E-state index contributed by atoms with van der Waals surface area (Å²) in [7, 11) is 1.58. The number of nitrogens with one attached hydrogen (secondary N) is 2. The summed E-state index contributed by atoms with van der Waals surface area (Å²) in [5.74, 6) is 0.782. The molecule has 0 bridgehead atoms. The number of rotatable bonds is 7. The molecule has 2 amide bonds. The molecule has 0 heterocycles. The molecule has 0 aliphatic rings. The van der Waals surface area contributed by atoms with Gasteiger partial charge in [0.05, 0.1) is 12.8 Å². The maximum Gasteiger partial charge on any atom is 0.277 e. The third-order valence-electron chi connectivity index (χ3n) is 3.40. The molecule has 0 aliphatic heterocycles.